The highest BCUT2D eigenvalue weighted by Gasteiger charge is 2.19. The lowest BCUT2D eigenvalue weighted by molar-refractivity contribution is 0.0925. The number of fused-ring (bicyclic) bond motifs is 1. The largest absolute Gasteiger partial charge is 0.449 e. The molecule has 1 atom stereocenters. The number of para-hydroxylation sites is 1. The molecule has 0 radical (unpaired) electrons. The van der Waals surface area contributed by atoms with Gasteiger partial charge in [-0.2, -0.15) is 0 Å². The Labute approximate surface area is 141 Å². The zero-order valence-electron chi connectivity index (χ0n) is 12.4. The smallest absolute Gasteiger partial charge is 0.287 e. The van der Waals surface area contributed by atoms with Gasteiger partial charge >= 0.3 is 0 Å². The molecule has 1 aliphatic heterocycles. The lowest BCUT2D eigenvalue weighted by atomic mass is 10.1. The third-order valence-electron chi connectivity index (χ3n) is 4.12. The third-order valence-corrected chi connectivity index (χ3v) is 4.42. The molecule has 2 heterocycles. The molecule has 4 nitrogen and oxygen atoms in total. The van der Waals surface area contributed by atoms with E-state index in [4.69, 9.17) is 16.0 Å². The number of benzene rings is 1. The van der Waals surface area contributed by atoms with Crippen molar-refractivity contribution in [3.05, 3.63) is 34.5 Å². The van der Waals surface area contributed by atoms with E-state index in [-0.39, 0.29) is 18.3 Å². The average Bonchev–Trinajstić information content (AvgIpc) is 3.08. The number of carbonyl (C=O) groups excluding carboxylic acids is 1. The van der Waals surface area contributed by atoms with Crippen molar-refractivity contribution >= 4 is 40.9 Å². The summed E-state index contributed by atoms with van der Waals surface area (Å²) < 4.78 is 5.66. The van der Waals surface area contributed by atoms with Crippen molar-refractivity contribution in [2.75, 3.05) is 19.6 Å². The molecule has 3 rings (SSSR count). The molecular weight excluding hydrogens is 323 g/mol. The quantitative estimate of drug-likeness (QED) is 0.893. The van der Waals surface area contributed by atoms with E-state index < -0.39 is 0 Å². The van der Waals surface area contributed by atoms with Crippen LogP contribution in [-0.4, -0.2) is 25.5 Å². The van der Waals surface area contributed by atoms with Gasteiger partial charge in [-0.1, -0.05) is 23.7 Å². The van der Waals surface area contributed by atoms with Crippen molar-refractivity contribution in [1.82, 2.24) is 10.6 Å². The second-order valence-electron chi connectivity index (χ2n) is 5.58. The summed E-state index contributed by atoms with van der Waals surface area (Å²) in [5.41, 5.74) is 1.43. The van der Waals surface area contributed by atoms with Gasteiger partial charge in [0, 0.05) is 17.5 Å². The molecular formula is C16H20Cl2N2O2. The van der Waals surface area contributed by atoms with Crippen molar-refractivity contribution in [3.8, 4) is 0 Å². The van der Waals surface area contributed by atoms with Gasteiger partial charge in [0.15, 0.2) is 11.3 Å². The van der Waals surface area contributed by atoms with Crippen LogP contribution in [0.25, 0.3) is 11.0 Å². The van der Waals surface area contributed by atoms with Crippen molar-refractivity contribution in [3.63, 3.8) is 0 Å². The first-order valence-corrected chi connectivity index (χ1v) is 7.71. The summed E-state index contributed by atoms with van der Waals surface area (Å²) in [5, 5.41) is 7.70. The highest BCUT2D eigenvalue weighted by Crippen LogP contribution is 2.30. The molecule has 0 bridgehead atoms. The molecule has 1 unspecified atom stereocenters. The molecule has 0 aliphatic carbocycles. The number of rotatable bonds is 4. The predicted octanol–water partition coefficient (Wildman–Crippen LogP) is 3.55. The second-order valence-corrected chi connectivity index (χ2v) is 5.98. The molecule has 1 saturated heterocycles. The van der Waals surface area contributed by atoms with Crippen LogP contribution < -0.4 is 10.6 Å². The van der Waals surface area contributed by atoms with Gasteiger partial charge in [0.25, 0.3) is 5.91 Å². The summed E-state index contributed by atoms with van der Waals surface area (Å²) in [4.78, 5) is 12.3. The standard InChI is InChI=1S/C16H19ClN2O2.ClH/c1-10-12-3-2-4-13(17)15(12)21-14(10)16(20)19-8-6-11-5-7-18-9-11;/h2-4,11,18H,5-9H2,1H3,(H,19,20);1H. The monoisotopic (exact) mass is 342 g/mol. The summed E-state index contributed by atoms with van der Waals surface area (Å²) in [6.07, 6.45) is 2.19. The molecule has 22 heavy (non-hydrogen) atoms. The molecule has 1 aliphatic rings. The molecule has 0 spiro atoms. The SMILES string of the molecule is Cc1c(C(=O)NCCC2CCNC2)oc2c(Cl)cccc12.Cl. The first-order chi connectivity index (χ1) is 10.2. The van der Waals surface area contributed by atoms with Gasteiger partial charge < -0.3 is 15.1 Å². The number of hydrogen-bond donors (Lipinski definition) is 2. The maximum absolute atomic E-state index is 12.3. The van der Waals surface area contributed by atoms with Crippen molar-refractivity contribution < 1.29 is 9.21 Å². The van der Waals surface area contributed by atoms with Crippen molar-refractivity contribution in [2.24, 2.45) is 5.92 Å². The van der Waals surface area contributed by atoms with E-state index in [1.165, 1.54) is 6.42 Å². The molecule has 6 heteroatoms. The number of amides is 1. The van der Waals surface area contributed by atoms with Gasteiger partial charge in [-0.05, 0) is 44.8 Å². The van der Waals surface area contributed by atoms with Gasteiger partial charge in [0.1, 0.15) is 0 Å². The van der Waals surface area contributed by atoms with E-state index in [1.807, 2.05) is 19.1 Å². The molecule has 120 valence electrons. The summed E-state index contributed by atoms with van der Waals surface area (Å²) in [6.45, 7) is 4.70. The Morgan fingerprint density at radius 1 is 1.50 bits per heavy atom. The first-order valence-electron chi connectivity index (χ1n) is 7.33. The minimum atomic E-state index is -0.161. The van der Waals surface area contributed by atoms with Crippen LogP contribution in [0.3, 0.4) is 0 Å². The average molecular weight is 343 g/mol. The molecule has 1 amide bonds. The normalized spacial score (nSPS) is 17.5. The minimum Gasteiger partial charge on any atom is -0.449 e. The topological polar surface area (TPSA) is 54.3 Å². The highest BCUT2D eigenvalue weighted by molar-refractivity contribution is 6.35. The van der Waals surface area contributed by atoms with E-state index in [1.54, 1.807) is 6.07 Å². The Morgan fingerprint density at radius 3 is 3.00 bits per heavy atom. The Bertz CT molecular complexity index is 663. The van der Waals surface area contributed by atoms with Crippen LogP contribution in [0.4, 0.5) is 0 Å². The fraction of sp³-hybridized carbons (Fsp3) is 0.438. The zero-order chi connectivity index (χ0) is 14.8. The Kier molecular flexibility index (Phi) is 5.73. The number of furan rings is 1. The molecule has 1 aromatic carbocycles. The van der Waals surface area contributed by atoms with E-state index in [0.717, 1.165) is 30.5 Å². The van der Waals surface area contributed by atoms with Crippen LogP contribution in [-0.2, 0) is 0 Å². The zero-order valence-corrected chi connectivity index (χ0v) is 14.0. The Morgan fingerprint density at radius 2 is 2.32 bits per heavy atom. The van der Waals surface area contributed by atoms with E-state index in [0.29, 0.717) is 28.8 Å². The van der Waals surface area contributed by atoms with Gasteiger partial charge in [-0.3, -0.25) is 4.79 Å². The Hall–Kier alpha value is -1.23. The number of aryl methyl sites for hydroxylation is 1. The second kappa shape index (κ2) is 7.36. The molecule has 1 fully saturated rings. The lowest BCUT2D eigenvalue weighted by Gasteiger charge is -2.08. The fourth-order valence-electron chi connectivity index (χ4n) is 2.86. The van der Waals surface area contributed by atoms with E-state index >= 15 is 0 Å². The van der Waals surface area contributed by atoms with Gasteiger partial charge in [-0.15, -0.1) is 12.4 Å². The van der Waals surface area contributed by atoms with E-state index in [2.05, 4.69) is 10.6 Å². The maximum Gasteiger partial charge on any atom is 0.287 e. The van der Waals surface area contributed by atoms with Gasteiger partial charge in [0.2, 0.25) is 0 Å². The van der Waals surface area contributed by atoms with E-state index in [9.17, 15) is 4.79 Å². The first kappa shape index (κ1) is 17.1. The summed E-state index contributed by atoms with van der Waals surface area (Å²) >= 11 is 6.11. The summed E-state index contributed by atoms with van der Waals surface area (Å²) in [5.74, 6) is 0.866. The van der Waals surface area contributed by atoms with Gasteiger partial charge in [-0.25, -0.2) is 0 Å². The van der Waals surface area contributed by atoms with Crippen LogP contribution in [0.5, 0.6) is 0 Å². The number of nitrogens with one attached hydrogen (secondary N) is 2. The molecule has 0 saturated carbocycles. The predicted molar refractivity (Wildman–Crippen MR) is 91.1 cm³/mol. The maximum atomic E-state index is 12.3. The van der Waals surface area contributed by atoms with Crippen LogP contribution >= 0.6 is 24.0 Å². The Balaban J connectivity index is 0.00000176. The van der Waals surface area contributed by atoms with Crippen LogP contribution in [0.15, 0.2) is 22.6 Å². The number of carbonyl (C=O) groups is 1. The summed E-state index contributed by atoms with van der Waals surface area (Å²) in [6, 6.07) is 5.55. The lowest BCUT2D eigenvalue weighted by Crippen LogP contribution is -2.26. The van der Waals surface area contributed by atoms with Crippen LogP contribution in [0, 0.1) is 12.8 Å². The number of hydrogen-bond acceptors (Lipinski definition) is 3. The fourth-order valence-corrected chi connectivity index (χ4v) is 3.07. The molecule has 2 aromatic rings. The third kappa shape index (κ3) is 3.40. The number of halogens is 2. The van der Waals surface area contributed by atoms with Crippen molar-refractivity contribution in [1.29, 1.82) is 0 Å². The summed E-state index contributed by atoms with van der Waals surface area (Å²) in [7, 11) is 0. The van der Waals surface area contributed by atoms with Crippen LogP contribution in [0.2, 0.25) is 5.02 Å². The van der Waals surface area contributed by atoms with Gasteiger partial charge in [0.05, 0.1) is 5.02 Å². The molecule has 1 aromatic heterocycles. The highest BCUT2D eigenvalue weighted by atomic mass is 35.5. The molecule has 2 N–H and O–H groups in total. The minimum absolute atomic E-state index is 0. The van der Waals surface area contributed by atoms with Crippen molar-refractivity contribution in [2.45, 2.75) is 19.8 Å². The van der Waals surface area contributed by atoms with Crippen LogP contribution in [0.1, 0.15) is 29.0 Å².